The highest BCUT2D eigenvalue weighted by Gasteiger charge is 2.33. The maximum absolute atomic E-state index is 5.90. The Bertz CT molecular complexity index is 319. The molecular weight excluding hydrogens is 198 g/mol. The van der Waals surface area contributed by atoms with E-state index in [1.165, 1.54) is 5.56 Å². The summed E-state index contributed by atoms with van der Waals surface area (Å²) in [6, 6.07) is 11.1. The van der Waals surface area contributed by atoms with Crippen molar-refractivity contribution in [3.05, 3.63) is 35.9 Å². The van der Waals surface area contributed by atoms with Crippen LogP contribution in [-0.4, -0.2) is 12.3 Å². The molecule has 1 heterocycles. The summed E-state index contributed by atoms with van der Waals surface area (Å²) in [5.41, 5.74) is 1.26. The van der Waals surface area contributed by atoms with Crippen LogP contribution in [-0.2, 0) is 4.74 Å². The van der Waals surface area contributed by atoms with Crippen molar-refractivity contribution in [3.8, 4) is 0 Å². The topological polar surface area (TPSA) is 21.3 Å². The summed E-state index contributed by atoms with van der Waals surface area (Å²) in [5, 5.41) is 3.66. The molecule has 0 saturated carbocycles. The van der Waals surface area contributed by atoms with Gasteiger partial charge < -0.3 is 4.74 Å². The Morgan fingerprint density at radius 3 is 2.56 bits per heavy atom. The predicted octanol–water partition coefficient (Wildman–Crippen LogP) is 3.25. The first-order valence-electron chi connectivity index (χ1n) is 6.26. The largest absolute Gasteiger partial charge is 0.361 e. The van der Waals surface area contributed by atoms with Gasteiger partial charge in [0.05, 0.1) is 6.61 Å². The van der Waals surface area contributed by atoms with Gasteiger partial charge in [-0.2, -0.15) is 0 Å². The second-order valence-electron chi connectivity index (χ2n) is 4.45. The number of hydrogen-bond donors (Lipinski definition) is 1. The van der Waals surface area contributed by atoms with Gasteiger partial charge in [-0.3, -0.25) is 5.32 Å². The van der Waals surface area contributed by atoms with E-state index in [9.17, 15) is 0 Å². The van der Waals surface area contributed by atoms with Gasteiger partial charge in [0.2, 0.25) is 0 Å². The Morgan fingerprint density at radius 2 is 1.94 bits per heavy atom. The fourth-order valence-electron chi connectivity index (χ4n) is 2.40. The highest BCUT2D eigenvalue weighted by Crippen LogP contribution is 2.30. The van der Waals surface area contributed by atoms with Gasteiger partial charge in [0.25, 0.3) is 0 Å². The van der Waals surface area contributed by atoms with E-state index in [0.717, 1.165) is 25.9 Å². The molecule has 0 amide bonds. The molecule has 1 saturated heterocycles. The van der Waals surface area contributed by atoms with Crippen molar-refractivity contribution in [1.82, 2.24) is 5.32 Å². The smallest absolute Gasteiger partial charge is 0.119 e. The monoisotopic (exact) mass is 219 g/mol. The molecule has 0 bridgehead atoms. The maximum atomic E-state index is 5.90. The third-order valence-corrected chi connectivity index (χ3v) is 3.57. The van der Waals surface area contributed by atoms with Crippen molar-refractivity contribution in [2.75, 3.05) is 6.61 Å². The Morgan fingerprint density at radius 1 is 1.25 bits per heavy atom. The lowest BCUT2D eigenvalue weighted by molar-refractivity contribution is -0.115. The lowest BCUT2D eigenvalue weighted by Gasteiger charge is -2.41. The van der Waals surface area contributed by atoms with Crippen LogP contribution in [0.25, 0.3) is 0 Å². The molecule has 1 aromatic rings. The fourth-order valence-corrected chi connectivity index (χ4v) is 2.40. The quantitative estimate of drug-likeness (QED) is 0.842. The zero-order valence-corrected chi connectivity index (χ0v) is 10.2. The summed E-state index contributed by atoms with van der Waals surface area (Å²) in [6.45, 7) is 5.22. The molecule has 1 aromatic carbocycles. The van der Waals surface area contributed by atoms with E-state index >= 15 is 0 Å². The first-order chi connectivity index (χ1) is 7.79. The van der Waals surface area contributed by atoms with Crippen molar-refractivity contribution in [1.29, 1.82) is 0 Å². The molecule has 0 radical (unpaired) electrons. The van der Waals surface area contributed by atoms with Crippen LogP contribution in [0.1, 0.15) is 44.7 Å². The molecule has 1 unspecified atom stereocenters. The molecule has 0 spiro atoms. The molecule has 2 nitrogen and oxygen atoms in total. The van der Waals surface area contributed by atoms with Crippen molar-refractivity contribution in [2.45, 2.75) is 44.9 Å². The van der Waals surface area contributed by atoms with Gasteiger partial charge in [-0.25, -0.2) is 0 Å². The molecule has 1 fully saturated rings. The van der Waals surface area contributed by atoms with Crippen molar-refractivity contribution in [3.63, 3.8) is 0 Å². The molecule has 1 atom stereocenters. The minimum atomic E-state index is -0.112. The normalized spacial score (nSPS) is 24.2. The molecule has 1 N–H and O–H groups in total. The average Bonchev–Trinajstić information content (AvgIpc) is 2.40. The Balaban J connectivity index is 2.13. The molecule has 88 valence electrons. The molecule has 0 aliphatic carbocycles. The summed E-state index contributed by atoms with van der Waals surface area (Å²) >= 11 is 0. The van der Waals surface area contributed by atoms with Crippen molar-refractivity contribution in [2.24, 2.45) is 0 Å². The Labute approximate surface area is 98.0 Å². The molecule has 16 heavy (non-hydrogen) atoms. The zero-order valence-electron chi connectivity index (χ0n) is 10.2. The van der Waals surface area contributed by atoms with E-state index in [2.05, 4.69) is 49.5 Å². The molecule has 1 aliphatic rings. The van der Waals surface area contributed by atoms with Gasteiger partial charge in [0.1, 0.15) is 5.72 Å². The minimum Gasteiger partial charge on any atom is -0.361 e. The summed E-state index contributed by atoms with van der Waals surface area (Å²) in [5.74, 6) is 0. The third kappa shape index (κ3) is 2.28. The van der Waals surface area contributed by atoms with Gasteiger partial charge in [-0.1, -0.05) is 44.2 Å². The first kappa shape index (κ1) is 11.6. The van der Waals surface area contributed by atoms with E-state index in [0.29, 0.717) is 6.04 Å². The Hall–Kier alpha value is -0.860. The maximum Gasteiger partial charge on any atom is 0.119 e. The second-order valence-corrected chi connectivity index (χ2v) is 4.45. The lowest BCUT2D eigenvalue weighted by Crippen LogP contribution is -2.52. The van der Waals surface area contributed by atoms with Gasteiger partial charge in [-0.05, 0) is 24.8 Å². The number of benzene rings is 1. The van der Waals surface area contributed by atoms with Gasteiger partial charge in [0, 0.05) is 6.04 Å². The number of hydrogen-bond acceptors (Lipinski definition) is 2. The van der Waals surface area contributed by atoms with Crippen molar-refractivity contribution >= 4 is 0 Å². The van der Waals surface area contributed by atoms with Crippen LogP contribution >= 0.6 is 0 Å². The number of ether oxygens (including phenoxy) is 1. The summed E-state index contributed by atoms with van der Waals surface area (Å²) in [7, 11) is 0. The summed E-state index contributed by atoms with van der Waals surface area (Å²) in [4.78, 5) is 0. The average molecular weight is 219 g/mol. The van der Waals surface area contributed by atoms with E-state index in [1.54, 1.807) is 0 Å². The summed E-state index contributed by atoms with van der Waals surface area (Å²) < 4.78 is 5.90. The minimum absolute atomic E-state index is 0.112. The van der Waals surface area contributed by atoms with Crippen LogP contribution in [0, 0.1) is 0 Å². The highest BCUT2D eigenvalue weighted by atomic mass is 16.5. The number of rotatable bonds is 3. The highest BCUT2D eigenvalue weighted by molar-refractivity contribution is 5.19. The Kier molecular flexibility index (Phi) is 3.62. The van der Waals surface area contributed by atoms with Gasteiger partial charge in [-0.15, -0.1) is 0 Å². The predicted molar refractivity (Wildman–Crippen MR) is 66.2 cm³/mol. The second kappa shape index (κ2) is 4.98. The molecular formula is C14H21NO. The third-order valence-electron chi connectivity index (χ3n) is 3.57. The van der Waals surface area contributed by atoms with Gasteiger partial charge >= 0.3 is 0 Å². The molecule has 1 aliphatic heterocycles. The zero-order chi connectivity index (χ0) is 11.4. The standard InChI is InChI=1S/C14H21NO/c1-3-14(4-2)15-13(10-11-16-14)12-8-6-5-7-9-12/h5-9,13,15H,3-4,10-11H2,1-2H3. The van der Waals surface area contributed by atoms with Crippen LogP contribution in [0.4, 0.5) is 0 Å². The molecule has 2 rings (SSSR count). The van der Waals surface area contributed by atoms with E-state index < -0.39 is 0 Å². The lowest BCUT2D eigenvalue weighted by atomic mass is 9.97. The van der Waals surface area contributed by atoms with Crippen LogP contribution < -0.4 is 5.32 Å². The fraction of sp³-hybridized carbons (Fsp3) is 0.571. The van der Waals surface area contributed by atoms with E-state index in [1.807, 2.05) is 0 Å². The number of nitrogens with one attached hydrogen (secondary N) is 1. The summed E-state index contributed by atoms with van der Waals surface area (Å²) in [6.07, 6.45) is 3.10. The van der Waals surface area contributed by atoms with Gasteiger partial charge in [0.15, 0.2) is 0 Å². The SMILES string of the molecule is CCC1(CC)NC(c2ccccc2)CCO1. The van der Waals surface area contributed by atoms with Crippen LogP contribution in [0.3, 0.4) is 0 Å². The molecule has 0 aromatic heterocycles. The van der Waals surface area contributed by atoms with Crippen LogP contribution in [0.15, 0.2) is 30.3 Å². The van der Waals surface area contributed by atoms with Crippen molar-refractivity contribution < 1.29 is 4.74 Å². The van der Waals surface area contributed by atoms with Crippen LogP contribution in [0.5, 0.6) is 0 Å². The van der Waals surface area contributed by atoms with Crippen LogP contribution in [0.2, 0.25) is 0 Å². The van der Waals surface area contributed by atoms with E-state index in [-0.39, 0.29) is 5.72 Å². The van der Waals surface area contributed by atoms with E-state index in [4.69, 9.17) is 4.74 Å². The first-order valence-corrected chi connectivity index (χ1v) is 6.26. The molecule has 2 heteroatoms.